The highest BCUT2D eigenvalue weighted by Crippen LogP contribution is 2.25. The van der Waals surface area contributed by atoms with Crippen LogP contribution in [0.4, 0.5) is 4.39 Å². The number of Topliss-reactive ketones (excluding diaryl/α,β-unsaturated/α-hetero) is 1. The quantitative estimate of drug-likeness (QED) is 0.434. The van der Waals surface area contributed by atoms with Crippen molar-refractivity contribution in [1.29, 1.82) is 0 Å². The van der Waals surface area contributed by atoms with E-state index < -0.39 is 29.0 Å². The Labute approximate surface area is 209 Å². The Morgan fingerprint density at radius 1 is 1.11 bits per heavy atom. The molecule has 190 valence electrons. The molecule has 1 aromatic heterocycles. The molecule has 0 saturated heterocycles. The fourth-order valence-electron chi connectivity index (χ4n) is 3.58. The van der Waals surface area contributed by atoms with Gasteiger partial charge in [-0.25, -0.2) is 4.39 Å². The van der Waals surface area contributed by atoms with Crippen LogP contribution in [0.25, 0.3) is 5.69 Å². The standard InChI is InChI=1S/C27H30FN3O5/c1-17-9-5-6-10-19(17)18(13-25(33)34)15-29-26(35)21-14-24(36-16-23(32)27(2,3)4)31(30-21)22-12-8-7-11-20(22)28/h5-12,14,18H,13,15-16H2,1-4H3,(H,29,35)(H,33,34). The Morgan fingerprint density at radius 2 is 1.78 bits per heavy atom. The number of aryl methyl sites for hydroxylation is 1. The first-order valence-corrected chi connectivity index (χ1v) is 11.5. The van der Waals surface area contributed by atoms with Gasteiger partial charge < -0.3 is 15.2 Å². The SMILES string of the molecule is Cc1ccccc1C(CNC(=O)c1cc(OCC(=O)C(C)(C)C)n(-c2ccccc2F)n1)CC(=O)O. The van der Waals surface area contributed by atoms with E-state index in [1.165, 1.54) is 24.3 Å². The van der Waals surface area contributed by atoms with Crippen LogP contribution in [-0.4, -0.2) is 45.7 Å². The first-order valence-electron chi connectivity index (χ1n) is 11.5. The summed E-state index contributed by atoms with van der Waals surface area (Å²) in [7, 11) is 0. The summed E-state index contributed by atoms with van der Waals surface area (Å²) in [6, 6.07) is 14.6. The van der Waals surface area contributed by atoms with Crippen molar-refractivity contribution in [3.8, 4) is 11.6 Å². The van der Waals surface area contributed by atoms with Crippen molar-refractivity contribution in [2.45, 2.75) is 40.0 Å². The van der Waals surface area contributed by atoms with Gasteiger partial charge in [-0.15, -0.1) is 0 Å². The number of aliphatic carboxylic acids is 1. The first kappa shape index (κ1) is 26.6. The molecule has 0 aliphatic heterocycles. The third-order valence-corrected chi connectivity index (χ3v) is 5.74. The van der Waals surface area contributed by atoms with Crippen LogP contribution in [0.2, 0.25) is 0 Å². The van der Waals surface area contributed by atoms with E-state index in [-0.39, 0.29) is 42.6 Å². The Kier molecular flexibility index (Phi) is 8.24. The van der Waals surface area contributed by atoms with E-state index >= 15 is 0 Å². The van der Waals surface area contributed by atoms with Crippen LogP contribution in [0.5, 0.6) is 5.88 Å². The Balaban J connectivity index is 1.85. The number of ether oxygens (including phenoxy) is 1. The number of nitrogens with zero attached hydrogens (tertiary/aromatic N) is 2. The summed E-state index contributed by atoms with van der Waals surface area (Å²) in [4.78, 5) is 36.8. The number of amides is 1. The molecule has 3 aromatic rings. The number of carboxylic acids is 1. The predicted octanol–water partition coefficient (Wildman–Crippen LogP) is 4.30. The second-order valence-corrected chi connectivity index (χ2v) is 9.55. The predicted molar refractivity (Wildman–Crippen MR) is 132 cm³/mol. The molecule has 0 aliphatic carbocycles. The summed E-state index contributed by atoms with van der Waals surface area (Å²) in [5.41, 5.74) is 1.09. The molecule has 0 radical (unpaired) electrons. The van der Waals surface area contributed by atoms with Crippen molar-refractivity contribution in [3.05, 3.63) is 77.2 Å². The van der Waals surface area contributed by atoms with Gasteiger partial charge in [0.15, 0.2) is 11.5 Å². The molecule has 0 bridgehead atoms. The van der Waals surface area contributed by atoms with E-state index in [1.54, 1.807) is 26.8 Å². The molecule has 1 unspecified atom stereocenters. The van der Waals surface area contributed by atoms with Gasteiger partial charge in [-0.2, -0.15) is 9.78 Å². The molecule has 2 aromatic carbocycles. The summed E-state index contributed by atoms with van der Waals surface area (Å²) in [5.74, 6) is -2.75. The van der Waals surface area contributed by atoms with Gasteiger partial charge in [0.2, 0.25) is 5.88 Å². The van der Waals surface area contributed by atoms with Gasteiger partial charge in [-0.05, 0) is 30.2 Å². The molecule has 1 atom stereocenters. The van der Waals surface area contributed by atoms with Crippen LogP contribution in [0.3, 0.4) is 0 Å². The Morgan fingerprint density at radius 3 is 2.42 bits per heavy atom. The van der Waals surface area contributed by atoms with Gasteiger partial charge in [0, 0.05) is 23.9 Å². The highest BCUT2D eigenvalue weighted by molar-refractivity contribution is 5.93. The van der Waals surface area contributed by atoms with Crippen LogP contribution in [0.1, 0.15) is 54.7 Å². The highest BCUT2D eigenvalue weighted by Gasteiger charge is 2.25. The second kappa shape index (κ2) is 11.2. The van der Waals surface area contributed by atoms with Gasteiger partial charge in [0.25, 0.3) is 5.91 Å². The van der Waals surface area contributed by atoms with E-state index in [4.69, 9.17) is 4.74 Å². The maximum atomic E-state index is 14.5. The maximum Gasteiger partial charge on any atom is 0.304 e. The normalized spacial score (nSPS) is 12.1. The van der Waals surface area contributed by atoms with Gasteiger partial charge in [0.05, 0.1) is 6.42 Å². The lowest BCUT2D eigenvalue weighted by Gasteiger charge is -2.18. The number of carbonyl (C=O) groups is 3. The third kappa shape index (κ3) is 6.56. The van der Waals surface area contributed by atoms with E-state index in [9.17, 15) is 23.9 Å². The lowest BCUT2D eigenvalue weighted by Crippen LogP contribution is -2.30. The number of para-hydroxylation sites is 1. The fraction of sp³-hybridized carbons (Fsp3) is 0.333. The number of hydrogen-bond acceptors (Lipinski definition) is 5. The number of ketones is 1. The van der Waals surface area contributed by atoms with E-state index in [1.807, 2.05) is 31.2 Å². The van der Waals surface area contributed by atoms with Crippen LogP contribution in [0.15, 0.2) is 54.6 Å². The Bertz CT molecular complexity index is 1260. The van der Waals surface area contributed by atoms with E-state index in [0.29, 0.717) is 0 Å². The van der Waals surface area contributed by atoms with Crippen LogP contribution in [-0.2, 0) is 9.59 Å². The van der Waals surface area contributed by atoms with E-state index in [2.05, 4.69) is 10.4 Å². The molecule has 0 aliphatic rings. The second-order valence-electron chi connectivity index (χ2n) is 9.55. The van der Waals surface area contributed by atoms with Crippen LogP contribution in [0, 0.1) is 18.2 Å². The number of carbonyl (C=O) groups excluding carboxylic acids is 2. The number of carboxylic acid groups (broad SMARTS) is 1. The third-order valence-electron chi connectivity index (χ3n) is 5.74. The summed E-state index contributed by atoms with van der Waals surface area (Å²) >= 11 is 0. The molecule has 1 amide bonds. The molecule has 36 heavy (non-hydrogen) atoms. The summed E-state index contributed by atoms with van der Waals surface area (Å²) < 4.78 is 21.3. The molecular formula is C27H30FN3O5. The first-order chi connectivity index (χ1) is 17.0. The average molecular weight is 496 g/mol. The molecule has 8 nitrogen and oxygen atoms in total. The molecule has 0 spiro atoms. The number of halogens is 1. The number of rotatable bonds is 10. The zero-order valence-electron chi connectivity index (χ0n) is 20.7. The van der Waals surface area contributed by atoms with Crippen molar-refractivity contribution in [3.63, 3.8) is 0 Å². The van der Waals surface area contributed by atoms with Gasteiger partial charge >= 0.3 is 5.97 Å². The minimum Gasteiger partial charge on any atom is -0.481 e. The van der Waals surface area contributed by atoms with Gasteiger partial charge in [-0.3, -0.25) is 14.4 Å². The summed E-state index contributed by atoms with van der Waals surface area (Å²) in [6.45, 7) is 6.93. The minimum atomic E-state index is -0.986. The number of benzene rings is 2. The number of nitrogens with one attached hydrogen (secondary N) is 1. The van der Waals surface area contributed by atoms with E-state index in [0.717, 1.165) is 15.8 Å². The molecule has 9 heteroatoms. The van der Waals surface area contributed by atoms with Crippen molar-refractivity contribution >= 4 is 17.7 Å². The summed E-state index contributed by atoms with van der Waals surface area (Å²) in [6.07, 6.45) is -0.169. The zero-order valence-corrected chi connectivity index (χ0v) is 20.7. The minimum absolute atomic E-state index is 0.0313. The molecule has 1 heterocycles. The van der Waals surface area contributed by atoms with Crippen LogP contribution >= 0.6 is 0 Å². The monoisotopic (exact) mass is 495 g/mol. The average Bonchev–Trinajstić information content (AvgIpc) is 3.24. The topological polar surface area (TPSA) is 111 Å². The van der Waals surface area contributed by atoms with Crippen molar-refractivity contribution in [2.75, 3.05) is 13.2 Å². The Hall–Kier alpha value is -4.01. The molecule has 0 fully saturated rings. The van der Waals surface area contributed by atoms with Crippen molar-refractivity contribution in [2.24, 2.45) is 5.41 Å². The van der Waals surface area contributed by atoms with Crippen LogP contribution < -0.4 is 10.1 Å². The number of hydrogen-bond donors (Lipinski definition) is 2. The van der Waals surface area contributed by atoms with Gasteiger partial charge in [0.1, 0.15) is 18.1 Å². The van der Waals surface area contributed by atoms with Crippen molar-refractivity contribution < 1.29 is 28.6 Å². The lowest BCUT2D eigenvalue weighted by molar-refractivity contribution is -0.137. The maximum absolute atomic E-state index is 14.5. The molecular weight excluding hydrogens is 465 g/mol. The molecule has 2 N–H and O–H groups in total. The molecule has 0 saturated carbocycles. The summed E-state index contributed by atoms with van der Waals surface area (Å²) in [5, 5.41) is 16.3. The largest absolute Gasteiger partial charge is 0.481 e. The van der Waals surface area contributed by atoms with Crippen molar-refractivity contribution in [1.82, 2.24) is 15.1 Å². The lowest BCUT2D eigenvalue weighted by atomic mass is 9.91. The number of aromatic nitrogens is 2. The zero-order chi connectivity index (χ0) is 26.5. The molecule has 3 rings (SSSR count). The smallest absolute Gasteiger partial charge is 0.304 e. The highest BCUT2D eigenvalue weighted by atomic mass is 19.1. The fourth-order valence-corrected chi connectivity index (χ4v) is 3.58. The van der Waals surface area contributed by atoms with Gasteiger partial charge in [-0.1, -0.05) is 57.2 Å².